The number of rotatable bonds is 3. The maximum atomic E-state index is 5.75. The lowest BCUT2D eigenvalue weighted by molar-refractivity contribution is 0.583. The van der Waals surface area contributed by atoms with E-state index in [0.717, 1.165) is 12.2 Å². The Hall–Kier alpha value is -0.180. The van der Waals surface area contributed by atoms with Crippen LogP contribution in [0.25, 0.3) is 0 Å². The minimum Gasteiger partial charge on any atom is -0.347 e. The molecule has 2 nitrogen and oxygen atoms in total. The Balaban J connectivity index is 2.53. The first-order chi connectivity index (χ1) is 5.59. The zero-order chi connectivity index (χ0) is 9.14. The average Bonchev–Trinajstić information content (AvgIpc) is 2.28. The molecule has 0 aliphatic carbocycles. The van der Waals surface area contributed by atoms with Crippen LogP contribution in [0.15, 0.2) is 6.07 Å². The van der Waals surface area contributed by atoms with E-state index in [1.807, 2.05) is 6.07 Å². The zero-order valence-electron chi connectivity index (χ0n) is 7.12. The van der Waals surface area contributed by atoms with E-state index in [-0.39, 0.29) is 0 Å². The van der Waals surface area contributed by atoms with Crippen molar-refractivity contribution >= 4 is 23.2 Å². The van der Waals surface area contributed by atoms with E-state index in [2.05, 4.69) is 24.1 Å². The minimum atomic E-state index is 0.464. The third-order valence-electron chi connectivity index (χ3n) is 1.48. The van der Waals surface area contributed by atoms with E-state index in [1.165, 1.54) is 0 Å². The second-order valence-corrected chi connectivity index (χ2v) is 3.78. The van der Waals surface area contributed by atoms with Gasteiger partial charge in [-0.2, -0.15) is 0 Å². The summed E-state index contributed by atoms with van der Waals surface area (Å²) in [6.45, 7) is 4.95. The van der Waals surface area contributed by atoms with Crippen LogP contribution in [0.3, 0.4) is 0 Å². The summed E-state index contributed by atoms with van der Waals surface area (Å²) < 4.78 is 0. The molecule has 68 valence electrons. The van der Waals surface area contributed by atoms with Crippen molar-refractivity contribution < 1.29 is 0 Å². The largest absolute Gasteiger partial charge is 0.347 e. The van der Waals surface area contributed by atoms with Gasteiger partial charge in [0.25, 0.3) is 0 Å². The van der Waals surface area contributed by atoms with Crippen LogP contribution < -0.4 is 5.32 Å². The third-order valence-corrected chi connectivity index (χ3v) is 2.17. The van der Waals surface area contributed by atoms with E-state index >= 15 is 0 Å². The lowest BCUT2D eigenvalue weighted by Crippen LogP contribution is -2.21. The summed E-state index contributed by atoms with van der Waals surface area (Å²) in [5.41, 5.74) is 1.01. The Morgan fingerprint density at radius 2 is 2.17 bits per heavy atom. The molecule has 0 amide bonds. The first kappa shape index (κ1) is 9.90. The van der Waals surface area contributed by atoms with Gasteiger partial charge >= 0.3 is 0 Å². The zero-order valence-corrected chi connectivity index (χ0v) is 8.63. The second-order valence-electron chi connectivity index (χ2n) is 2.99. The molecule has 0 aromatic carbocycles. The molecule has 12 heavy (non-hydrogen) atoms. The summed E-state index contributed by atoms with van der Waals surface area (Å²) >= 11 is 11.5. The van der Waals surface area contributed by atoms with Gasteiger partial charge in [-0.3, -0.25) is 0 Å². The fourth-order valence-corrected chi connectivity index (χ4v) is 1.22. The average molecular weight is 207 g/mol. The molecular weight excluding hydrogens is 195 g/mol. The maximum Gasteiger partial charge on any atom is 0.125 e. The van der Waals surface area contributed by atoms with Crippen molar-refractivity contribution in [2.24, 2.45) is 0 Å². The Bertz CT molecular complexity index is 236. The predicted molar refractivity (Wildman–Crippen MR) is 52.8 cm³/mol. The molecule has 0 aliphatic rings. The molecule has 0 unspecified atom stereocenters. The molecular formula is C8H12Cl2N2. The van der Waals surface area contributed by atoms with Crippen molar-refractivity contribution in [1.82, 2.24) is 10.3 Å². The maximum absolute atomic E-state index is 5.75. The normalized spacial score (nSPS) is 11.1. The highest BCUT2D eigenvalue weighted by Gasteiger charge is 2.03. The first-order valence-electron chi connectivity index (χ1n) is 3.86. The van der Waals surface area contributed by atoms with Gasteiger partial charge in [-0.1, -0.05) is 37.0 Å². The smallest absolute Gasteiger partial charge is 0.125 e. The highest BCUT2D eigenvalue weighted by Crippen LogP contribution is 2.21. The lowest BCUT2D eigenvalue weighted by Gasteiger charge is -2.05. The van der Waals surface area contributed by atoms with Gasteiger partial charge in [-0.05, 0) is 6.07 Å². The molecule has 4 heteroatoms. The molecule has 1 aromatic heterocycles. The van der Waals surface area contributed by atoms with E-state index in [4.69, 9.17) is 23.2 Å². The summed E-state index contributed by atoms with van der Waals surface area (Å²) in [5.74, 6) is 0. The predicted octanol–water partition coefficient (Wildman–Crippen LogP) is 2.82. The van der Waals surface area contributed by atoms with Crippen LogP contribution in [-0.4, -0.2) is 11.0 Å². The van der Waals surface area contributed by atoms with Gasteiger partial charge in [-0.15, -0.1) is 0 Å². The van der Waals surface area contributed by atoms with Crippen LogP contribution >= 0.6 is 23.2 Å². The molecule has 0 aliphatic heterocycles. The number of hydrogen-bond donors (Lipinski definition) is 2. The topological polar surface area (TPSA) is 27.8 Å². The molecule has 0 radical (unpaired) electrons. The van der Waals surface area contributed by atoms with E-state index in [0.29, 0.717) is 16.2 Å². The van der Waals surface area contributed by atoms with Crippen molar-refractivity contribution in [3.8, 4) is 0 Å². The summed E-state index contributed by atoms with van der Waals surface area (Å²) in [6, 6.07) is 2.30. The van der Waals surface area contributed by atoms with Crippen LogP contribution in [0, 0.1) is 0 Å². The van der Waals surface area contributed by atoms with Crippen LogP contribution in [-0.2, 0) is 6.54 Å². The molecule has 0 fully saturated rings. The van der Waals surface area contributed by atoms with Crippen LogP contribution in [0.4, 0.5) is 0 Å². The van der Waals surface area contributed by atoms with E-state index in [9.17, 15) is 0 Å². The fourth-order valence-electron chi connectivity index (χ4n) is 0.862. The van der Waals surface area contributed by atoms with Crippen LogP contribution in [0.1, 0.15) is 19.5 Å². The molecule has 0 atom stereocenters. The van der Waals surface area contributed by atoms with Crippen molar-refractivity contribution in [3.63, 3.8) is 0 Å². The van der Waals surface area contributed by atoms with E-state index < -0.39 is 0 Å². The summed E-state index contributed by atoms with van der Waals surface area (Å²) in [7, 11) is 0. The molecule has 0 saturated heterocycles. The van der Waals surface area contributed by atoms with E-state index in [1.54, 1.807) is 0 Å². The number of halogens is 2. The van der Waals surface area contributed by atoms with Gasteiger partial charge in [0.15, 0.2) is 0 Å². The molecule has 1 rings (SSSR count). The summed E-state index contributed by atoms with van der Waals surface area (Å²) in [6.07, 6.45) is 0. The monoisotopic (exact) mass is 206 g/mol. The summed E-state index contributed by atoms with van der Waals surface area (Å²) in [5, 5.41) is 4.35. The number of aromatic amines is 1. The van der Waals surface area contributed by atoms with Gasteiger partial charge < -0.3 is 10.3 Å². The number of aromatic nitrogens is 1. The Morgan fingerprint density at radius 1 is 1.50 bits per heavy atom. The molecule has 2 N–H and O–H groups in total. The number of H-pyrrole nitrogens is 1. The highest BCUT2D eigenvalue weighted by atomic mass is 35.5. The number of nitrogens with one attached hydrogen (secondary N) is 2. The molecule has 0 saturated carbocycles. The molecule has 0 spiro atoms. The SMILES string of the molecule is CC(C)NCc1cc(Cl)c(Cl)[nH]1. The van der Waals surface area contributed by atoms with Gasteiger partial charge in [0, 0.05) is 18.3 Å². The minimum absolute atomic E-state index is 0.464. The van der Waals surface area contributed by atoms with Crippen molar-refractivity contribution in [2.45, 2.75) is 26.4 Å². The summed E-state index contributed by atoms with van der Waals surface area (Å²) in [4.78, 5) is 2.97. The molecule has 1 heterocycles. The first-order valence-corrected chi connectivity index (χ1v) is 4.61. The van der Waals surface area contributed by atoms with Gasteiger partial charge in [0.05, 0.1) is 5.02 Å². The van der Waals surface area contributed by atoms with Crippen molar-refractivity contribution in [3.05, 3.63) is 21.9 Å². The lowest BCUT2D eigenvalue weighted by atomic mass is 10.3. The van der Waals surface area contributed by atoms with Gasteiger partial charge in [0.2, 0.25) is 0 Å². The third kappa shape index (κ3) is 2.70. The van der Waals surface area contributed by atoms with Crippen LogP contribution in [0.2, 0.25) is 10.2 Å². The van der Waals surface area contributed by atoms with Crippen LogP contribution in [0.5, 0.6) is 0 Å². The molecule has 1 aromatic rings. The second kappa shape index (κ2) is 4.17. The van der Waals surface area contributed by atoms with Crippen molar-refractivity contribution in [1.29, 1.82) is 0 Å². The number of hydrogen-bond acceptors (Lipinski definition) is 1. The van der Waals surface area contributed by atoms with Gasteiger partial charge in [0.1, 0.15) is 5.15 Å². The van der Waals surface area contributed by atoms with Gasteiger partial charge in [-0.25, -0.2) is 0 Å². The fraction of sp³-hybridized carbons (Fsp3) is 0.500. The molecule has 0 bridgehead atoms. The Kier molecular flexibility index (Phi) is 3.44. The quantitative estimate of drug-likeness (QED) is 0.783. The van der Waals surface area contributed by atoms with Crippen molar-refractivity contribution in [2.75, 3.05) is 0 Å². The Labute approximate surface area is 82.3 Å². The Morgan fingerprint density at radius 3 is 2.58 bits per heavy atom. The highest BCUT2D eigenvalue weighted by molar-refractivity contribution is 6.41. The standard InChI is InChI=1S/C8H12Cl2N2/c1-5(2)11-4-6-3-7(9)8(10)12-6/h3,5,11-12H,4H2,1-2H3.